The molecule has 0 radical (unpaired) electrons. The smallest absolute Gasteiger partial charge is 0.239 e. The first-order valence-corrected chi connectivity index (χ1v) is 7.48. The number of likely N-dealkylation sites (N-methyl/N-ethyl adjacent to an activating group) is 1. The van der Waals surface area contributed by atoms with Gasteiger partial charge in [0.25, 0.3) is 0 Å². The number of hydrogen-bond donors (Lipinski definition) is 2. The molecular weight excluding hydrogens is 262 g/mol. The topological polar surface area (TPSA) is 48.1 Å². The number of benzene rings is 1. The molecule has 0 spiro atoms. The molecule has 1 aromatic carbocycles. The van der Waals surface area contributed by atoms with E-state index in [9.17, 15) is 4.79 Å². The lowest BCUT2D eigenvalue weighted by molar-refractivity contribution is -0.131. The van der Waals surface area contributed by atoms with E-state index in [2.05, 4.69) is 42.3 Å². The van der Waals surface area contributed by atoms with Crippen molar-refractivity contribution in [3.8, 4) is 0 Å². The molecule has 0 saturated heterocycles. The molecule has 2 aromatic rings. The number of aromatic nitrogens is 1. The van der Waals surface area contributed by atoms with Gasteiger partial charge in [-0.3, -0.25) is 4.79 Å². The van der Waals surface area contributed by atoms with Gasteiger partial charge in [-0.2, -0.15) is 0 Å². The molecule has 1 atom stereocenters. The fraction of sp³-hybridized carbons (Fsp3) is 0.471. The summed E-state index contributed by atoms with van der Waals surface area (Å²) in [6.07, 6.45) is 2.80. The predicted octanol–water partition coefficient (Wildman–Crippen LogP) is 2.76. The molecule has 4 heteroatoms. The number of carbonyl (C=O) groups excluding carboxylic acids is 1. The van der Waals surface area contributed by atoms with Crippen molar-refractivity contribution in [1.82, 2.24) is 15.2 Å². The van der Waals surface area contributed by atoms with Gasteiger partial charge in [-0.15, -0.1) is 0 Å². The molecule has 2 N–H and O–H groups in total. The first-order chi connectivity index (χ1) is 9.99. The second-order valence-electron chi connectivity index (χ2n) is 6.15. The predicted molar refractivity (Wildman–Crippen MR) is 87.1 cm³/mol. The molecule has 21 heavy (non-hydrogen) atoms. The average Bonchev–Trinajstić information content (AvgIpc) is 2.91. The monoisotopic (exact) mass is 287 g/mol. The Morgan fingerprint density at radius 3 is 2.71 bits per heavy atom. The van der Waals surface area contributed by atoms with Crippen molar-refractivity contribution in [3.05, 3.63) is 36.0 Å². The van der Waals surface area contributed by atoms with Crippen molar-refractivity contribution < 1.29 is 4.79 Å². The molecule has 1 aromatic heterocycles. The quantitative estimate of drug-likeness (QED) is 0.858. The standard InChI is InChI=1S/C17H25N3O/c1-12(2)10-16(17(21)20(3)4)19-11-13-6-5-7-15-14(13)8-9-18-15/h5-9,12,16,18-19H,10-11H2,1-4H3. The molecule has 2 rings (SSSR count). The largest absolute Gasteiger partial charge is 0.361 e. The third kappa shape index (κ3) is 3.85. The van der Waals surface area contributed by atoms with Crippen LogP contribution in [0, 0.1) is 5.92 Å². The van der Waals surface area contributed by atoms with Gasteiger partial charge >= 0.3 is 0 Å². The van der Waals surface area contributed by atoms with Crippen LogP contribution in [0.1, 0.15) is 25.8 Å². The fourth-order valence-corrected chi connectivity index (χ4v) is 2.59. The third-order valence-corrected chi connectivity index (χ3v) is 3.67. The van der Waals surface area contributed by atoms with E-state index in [0.717, 1.165) is 11.9 Å². The molecule has 1 unspecified atom stereocenters. The highest BCUT2D eigenvalue weighted by atomic mass is 16.2. The second-order valence-corrected chi connectivity index (χ2v) is 6.15. The van der Waals surface area contributed by atoms with Crippen LogP contribution in [-0.2, 0) is 11.3 Å². The first kappa shape index (κ1) is 15.6. The summed E-state index contributed by atoms with van der Waals surface area (Å²) in [6, 6.07) is 8.17. The van der Waals surface area contributed by atoms with E-state index in [1.165, 1.54) is 10.9 Å². The van der Waals surface area contributed by atoms with Crippen LogP contribution in [0.3, 0.4) is 0 Å². The van der Waals surface area contributed by atoms with Crippen molar-refractivity contribution in [1.29, 1.82) is 0 Å². The van der Waals surface area contributed by atoms with Gasteiger partial charge in [0.15, 0.2) is 0 Å². The maximum atomic E-state index is 12.3. The summed E-state index contributed by atoms with van der Waals surface area (Å²) >= 11 is 0. The van der Waals surface area contributed by atoms with Crippen molar-refractivity contribution in [2.75, 3.05) is 14.1 Å². The van der Waals surface area contributed by atoms with E-state index >= 15 is 0 Å². The molecule has 4 nitrogen and oxygen atoms in total. The van der Waals surface area contributed by atoms with Crippen LogP contribution in [0.25, 0.3) is 10.9 Å². The van der Waals surface area contributed by atoms with Crippen LogP contribution < -0.4 is 5.32 Å². The van der Waals surface area contributed by atoms with E-state index in [1.807, 2.05) is 26.4 Å². The van der Waals surface area contributed by atoms with Gasteiger partial charge < -0.3 is 15.2 Å². The van der Waals surface area contributed by atoms with Crippen LogP contribution >= 0.6 is 0 Å². The number of fused-ring (bicyclic) bond motifs is 1. The van der Waals surface area contributed by atoms with Crippen molar-refractivity contribution in [3.63, 3.8) is 0 Å². The fourth-order valence-electron chi connectivity index (χ4n) is 2.59. The Labute approximate surface area is 126 Å². The summed E-state index contributed by atoms with van der Waals surface area (Å²) < 4.78 is 0. The zero-order valence-corrected chi connectivity index (χ0v) is 13.3. The number of rotatable bonds is 6. The molecule has 114 valence electrons. The number of nitrogens with zero attached hydrogens (tertiary/aromatic N) is 1. The Kier molecular flexibility index (Phi) is 5.02. The Morgan fingerprint density at radius 2 is 2.05 bits per heavy atom. The van der Waals surface area contributed by atoms with Gasteiger partial charge in [0.05, 0.1) is 6.04 Å². The highest BCUT2D eigenvalue weighted by molar-refractivity contribution is 5.83. The van der Waals surface area contributed by atoms with Crippen LogP contribution in [0.4, 0.5) is 0 Å². The van der Waals surface area contributed by atoms with Gasteiger partial charge in [-0.25, -0.2) is 0 Å². The average molecular weight is 287 g/mol. The Morgan fingerprint density at radius 1 is 1.29 bits per heavy atom. The Balaban J connectivity index is 2.10. The van der Waals surface area contributed by atoms with Crippen LogP contribution in [0.15, 0.2) is 30.5 Å². The molecule has 0 bridgehead atoms. The number of aromatic amines is 1. The van der Waals surface area contributed by atoms with Gasteiger partial charge in [-0.1, -0.05) is 26.0 Å². The lowest BCUT2D eigenvalue weighted by Crippen LogP contribution is -2.44. The van der Waals surface area contributed by atoms with Crippen LogP contribution in [0.5, 0.6) is 0 Å². The SMILES string of the molecule is CC(C)CC(NCc1cccc2[nH]ccc12)C(=O)N(C)C. The van der Waals surface area contributed by atoms with Gasteiger partial charge in [-0.05, 0) is 30.0 Å². The lowest BCUT2D eigenvalue weighted by atomic mass is 10.0. The molecule has 1 amide bonds. The minimum atomic E-state index is -0.130. The molecule has 0 aliphatic heterocycles. The minimum absolute atomic E-state index is 0.130. The van der Waals surface area contributed by atoms with Crippen molar-refractivity contribution in [2.24, 2.45) is 5.92 Å². The summed E-state index contributed by atoms with van der Waals surface area (Å²) in [7, 11) is 3.62. The summed E-state index contributed by atoms with van der Waals surface area (Å²) in [6.45, 7) is 4.99. The Bertz CT molecular complexity index is 601. The van der Waals surface area contributed by atoms with Crippen molar-refractivity contribution >= 4 is 16.8 Å². The summed E-state index contributed by atoms with van der Waals surface area (Å²) in [4.78, 5) is 17.2. The zero-order valence-electron chi connectivity index (χ0n) is 13.3. The summed E-state index contributed by atoms with van der Waals surface area (Å²) in [5, 5.41) is 4.64. The number of amides is 1. The molecule has 0 fully saturated rings. The van der Waals surface area contributed by atoms with Crippen molar-refractivity contribution in [2.45, 2.75) is 32.9 Å². The summed E-state index contributed by atoms with van der Waals surface area (Å²) in [5.74, 6) is 0.624. The molecule has 0 aliphatic carbocycles. The third-order valence-electron chi connectivity index (χ3n) is 3.67. The van der Waals surface area contributed by atoms with E-state index in [4.69, 9.17) is 0 Å². The minimum Gasteiger partial charge on any atom is -0.361 e. The molecule has 1 heterocycles. The van der Waals surface area contributed by atoms with E-state index in [-0.39, 0.29) is 11.9 Å². The van der Waals surface area contributed by atoms with E-state index in [0.29, 0.717) is 12.5 Å². The second kappa shape index (κ2) is 6.76. The lowest BCUT2D eigenvalue weighted by Gasteiger charge is -2.23. The van der Waals surface area contributed by atoms with Crippen LogP contribution in [-0.4, -0.2) is 35.9 Å². The van der Waals surface area contributed by atoms with E-state index in [1.54, 1.807) is 4.90 Å². The number of carbonyl (C=O) groups is 1. The summed E-state index contributed by atoms with van der Waals surface area (Å²) in [5.41, 5.74) is 2.35. The molecular formula is C17H25N3O. The van der Waals surface area contributed by atoms with Crippen LogP contribution in [0.2, 0.25) is 0 Å². The maximum Gasteiger partial charge on any atom is 0.239 e. The normalized spacial score (nSPS) is 12.8. The molecule has 0 aliphatic rings. The van der Waals surface area contributed by atoms with Gasteiger partial charge in [0.1, 0.15) is 0 Å². The van der Waals surface area contributed by atoms with E-state index < -0.39 is 0 Å². The highest BCUT2D eigenvalue weighted by Gasteiger charge is 2.21. The first-order valence-electron chi connectivity index (χ1n) is 7.48. The van der Waals surface area contributed by atoms with Gasteiger partial charge in [0.2, 0.25) is 5.91 Å². The number of nitrogens with one attached hydrogen (secondary N) is 2. The Hall–Kier alpha value is -1.81. The highest BCUT2D eigenvalue weighted by Crippen LogP contribution is 2.18. The number of hydrogen-bond acceptors (Lipinski definition) is 2. The maximum absolute atomic E-state index is 12.3. The zero-order chi connectivity index (χ0) is 15.4. The van der Waals surface area contributed by atoms with Gasteiger partial charge in [0, 0.05) is 37.7 Å². The number of H-pyrrole nitrogens is 1. The molecule has 0 saturated carbocycles.